The van der Waals surface area contributed by atoms with Gasteiger partial charge in [-0.15, -0.1) is 0 Å². The number of carbonyl (C=O) groups excluding carboxylic acids is 1. The Hall–Kier alpha value is -2.41. The van der Waals surface area contributed by atoms with Crippen molar-refractivity contribution in [3.63, 3.8) is 0 Å². The van der Waals surface area contributed by atoms with Crippen LogP contribution in [0.25, 0.3) is 16.6 Å². The van der Waals surface area contributed by atoms with Gasteiger partial charge in [-0.3, -0.25) is 9.10 Å². The van der Waals surface area contributed by atoms with Gasteiger partial charge in [-0.1, -0.05) is 15.9 Å². The molecule has 0 spiro atoms. The number of piperidine rings is 1. The summed E-state index contributed by atoms with van der Waals surface area (Å²) in [5.74, 6) is -0.0137. The van der Waals surface area contributed by atoms with Gasteiger partial charge in [0.2, 0.25) is 10.0 Å². The quantitative estimate of drug-likeness (QED) is 0.410. The first-order valence-corrected chi connectivity index (χ1v) is 15.2. The predicted octanol–water partition coefficient (Wildman–Crippen LogP) is 3.37. The standard InChI is InChI=1S/C25H31BBrN5O4S/c1-26(34)30-12-10-19(11-13-30)32(37(3,35)36)23-15-22-21(14-20(23)16-4-5-16)24(25(33)28-2)31(29-22)18-8-6-17(27)7-9-18/h6-9,14-16,19,34H,4-5,10-13H2,1-3H3,(H,28,33). The number of hydrogen-bond acceptors (Lipinski definition) is 6. The number of nitrogens with zero attached hydrogens (tertiary/aromatic N) is 4. The van der Waals surface area contributed by atoms with Crippen LogP contribution in [0.2, 0.25) is 6.82 Å². The molecule has 12 heteroatoms. The summed E-state index contributed by atoms with van der Waals surface area (Å²) in [5.41, 5.74) is 3.31. The lowest BCUT2D eigenvalue weighted by molar-refractivity contribution is 0.0957. The summed E-state index contributed by atoms with van der Waals surface area (Å²) in [5, 5.41) is 18.2. The van der Waals surface area contributed by atoms with Crippen molar-refractivity contribution in [2.45, 2.75) is 44.5 Å². The molecule has 196 valence electrons. The minimum Gasteiger partial charge on any atom is -0.437 e. The van der Waals surface area contributed by atoms with Gasteiger partial charge in [-0.2, -0.15) is 5.10 Å². The van der Waals surface area contributed by atoms with Crippen LogP contribution in [-0.4, -0.2) is 73.4 Å². The topological polar surface area (TPSA) is 108 Å². The van der Waals surface area contributed by atoms with E-state index in [9.17, 15) is 18.2 Å². The molecule has 0 atom stereocenters. The summed E-state index contributed by atoms with van der Waals surface area (Å²) < 4.78 is 30.6. The van der Waals surface area contributed by atoms with E-state index in [1.165, 1.54) is 6.26 Å². The minimum atomic E-state index is -3.60. The molecule has 0 unspecified atom stereocenters. The third-order valence-corrected chi connectivity index (χ3v) is 9.04. The van der Waals surface area contributed by atoms with Crippen molar-refractivity contribution in [1.82, 2.24) is 19.9 Å². The van der Waals surface area contributed by atoms with Crippen molar-refractivity contribution in [2.75, 3.05) is 30.7 Å². The minimum absolute atomic E-state index is 0.216. The van der Waals surface area contributed by atoms with Gasteiger partial charge in [0.25, 0.3) is 5.91 Å². The van der Waals surface area contributed by atoms with Crippen LogP contribution in [0.3, 0.4) is 0 Å². The number of rotatable bonds is 7. The van der Waals surface area contributed by atoms with Crippen LogP contribution < -0.4 is 9.62 Å². The zero-order chi connectivity index (χ0) is 26.5. The van der Waals surface area contributed by atoms with E-state index in [1.807, 2.05) is 41.2 Å². The highest BCUT2D eigenvalue weighted by molar-refractivity contribution is 9.10. The first kappa shape index (κ1) is 26.2. The summed E-state index contributed by atoms with van der Waals surface area (Å²) in [6.45, 7) is 2.97. The van der Waals surface area contributed by atoms with Crippen LogP contribution in [0, 0.1) is 0 Å². The zero-order valence-corrected chi connectivity index (χ0v) is 23.6. The molecule has 1 saturated carbocycles. The lowest BCUT2D eigenvalue weighted by atomic mass is 9.82. The molecule has 5 rings (SSSR count). The number of hydrogen-bond donors (Lipinski definition) is 2. The molecule has 1 aliphatic heterocycles. The number of amides is 1. The summed E-state index contributed by atoms with van der Waals surface area (Å²) in [7, 11) is -2.57. The molecule has 3 aromatic rings. The molecule has 1 aromatic heterocycles. The lowest BCUT2D eigenvalue weighted by Crippen LogP contribution is -2.50. The van der Waals surface area contributed by atoms with E-state index < -0.39 is 17.1 Å². The second-order valence-electron chi connectivity index (χ2n) is 9.98. The highest BCUT2D eigenvalue weighted by Gasteiger charge is 2.37. The predicted molar refractivity (Wildman–Crippen MR) is 150 cm³/mol. The first-order chi connectivity index (χ1) is 17.6. The Bertz CT molecular complexity index is 1430. The van der Waals surface area contributed by atoms with Crippen molar-refractivity contribution in [3.05, 3.63) is 52.1 Å². The van der Waals surface area contributed by atoms with Crippen molar-refractivity contribution >= 4 is 55.5 Å². The smallest absolute Gasteiger partial charge is 0.376 e. The van der Waals surface area contributed by atoms with Gasteiger partial charge in [0, 0.05) is 22.9 Å². The van der Waals surface area contributed by atoms with Crippen LogP contribution in [0.4, 0.5) is 5.69 Å². The molecule has 2 heterocycles. The third-order valence-electron chi connectivity index (χ3n) is 7.30. The van der Waals surface area contributed by atoms with Crippen LogP contribution in [0.5, 0.6) is 0 Å². The number of anilines is 1. The summed E-state index contributed by atoms with van der Waals surface area (Å²) >= 11 is 3.45. The highest BCUT2D eigenvalue weighted by atomic mass is 79.9. The molecule has 1 amide bonds. The molecule has 2 N–H and O–H groups in total. The average Bonchev–Trinajstić information content (AvgIpc) is 3.63. The Morgan fingerprint density at radius 2 is 1.81 bits per heavy atom. The van der Waals surface area contributed by atoms with Gasteiger partial charge in [-0.25, -0.2) is 13.1 Å². The van der Waals surface area contributed by atoms with Crippen molar-refractivity contribution in [2.24, 2.45) is 0 Å². The fourth-order valence-electron chi connectivity index (χ4n) is 5.30. The molecule has 37 heavy (non-hydrogen) atoms. The molecule has 9 nitrogen and oxygen atoms in total. The van der Waals surface area contributed by atoms with Crippen LogP contribution in [0.1, 0.15) is 47.7 Å². The van der Waals surface area contributed by atoms with Crippen LogP contribution in [-0.2, 0) is 10.0 Å². The average molecular weight is 588 g/mol. The van der Waals surface area contributed by atoms with Gasteiger partial charge in [0.15, 0.2) is 0 Å². The summed E-state index contributed by atoms with van der Waals surface area (Å²) in [6, 6.07) is 11.1. The van der Waals surface area contributed by atoms with E-state index >= 15 is 0 Å². The third kappa shape index (κ3) is 5.16. The summed E-state index contributed by atoms with van der Waals surface area (Å²) in [4.78, 5) is 15.0. The molecular formula is C25H31BBrN5O4S. The zero-order valence-electron chi connectivity index (χ0n) is 21.2. The molecule has 0 radical (unpaired) electrons. The fourth-order valence-corrected chi connectivity index (χ4v) is 6.83. The number of fused-ring (bicyclic) bond motifs is 1. The number of sulfonamides is 1. The molecule has 2 aromatic carbocycles. The SMILES string of the molecule is CNC(=O)c1c2cc(C3CC3)c(N(C3CCN(B(C)O)CC3)S(C)(=O)=O)cc2nn1-c1ccc(Br)cc1. The molecular weight excluding hydrogens is 557 g/mol. The lowest BCUT2D eigenvalue weighted by Gasteiger charge is -2.39. The number of halogens is 1. The maximum absolute atomic E-state index is 13.2. The van der Waals surface area contributed by atoms with E-state index in [1.54, 1.807) is 22.9 Å². The highest BCUT2D eigenvalue weighted by Crippen LogP contribution is 2.47. The van der Waals surface area contributed by atoms with Crippen molar-refractivity contribution in [1.29, 1.82) is 0 Å². The largest absolute Gasteiger partial charge is 0.437 e. The normalized spacial score (nSPS) is 17.2. The molecule has 1 saturated heterocycles. The molecule has 1 aliphatic carbocycles. The van der Waals surface area contributed by atoms with Gasteiger partial charge in [0.05, 0.1) is 23.1 Å². The van der Waals surface area contributed by atoms with E-state index in [0.29, 0.717) is 48.2 Å². The Morgan fingerprint density at radius 1 is 1.16 bits per heavy atom. The Kier molecular flexibility index (Phi) is 7.12. The Morgan fingerprint density at radius 3 is 2.35 bits per heavy atom. The summed E-state index contributed by atoms with van der Waals surface area (Å²) in [6.07, 6.45) is 4.46. The van der Waals surface area contributed by atoms with Gasteiger partial charge < -0.3 is 15.2 Å². The maximum atomic E-state index is 13.2. The van der Waals surface area contributed by atoms with Gasteiger partial charge >= 0.3 is 7.05 Å². The Labute approximate surface area is 226 Å². The van der Waals surface area contributed by atoms with Gasteiger partial charge in [-0.05, 0) is 93.5 Å². The number of carbonyl (C=O) groups is 1. The van der Waals surface area contributed by atoms with E-state index in [-0.39, 0.29) is 17.9 Å². The second-order valence-corrected chi connectivity index (χ2v) is 12.8. The second kappa shape index (κ2) is 10.0. The molecule has 0 bridgehead atoms. The van der Waals surface area contributed by atoms with Crippen molar-refractivity contribution in [3.8, 4) is 5.69 Å². The number of aromatic nitrogens is 2. The fraction of sp³-hybridized carbons (Fsp3) is 0.440. The van der Waals surface area contributed by atoms with Gasteiger partial charge in [0.1, 0.15) is 5.69 Å². The molecule has 2 aliphatic rings. The maximum Gasteiger partial charge on any atom is 0.376 e. The van der Waals surface area contributed by atoms with Crippen molar-refractivity contribution < 1.29 is 18.2 Å². The monoisotopic (exact) mass is 587 g/mol. The van der Waals surface area contributed by atoms with E-state index in [0.717, 1.165) is 28.6 Å². The Balaban J connectivity index is 1.67. The number of nitrogens with one attached hydrogen (secondary N) is 1. The van der Waals surface area contributed by atoms with Crippen LogP contribution in [0.15, 0.2) is 40.9 Å². The van der Waals surface area contributed by atoms with E-state index in [4.69, 9.17) is 5.10 Å². The van der Waals surface area contributed by atoms with E-state index in [2.05, 4.69) is 21.2 Å². The first-order valence-electron chi connectivity index (χ1n) is 12.5. The number of benzene rings is 2. The molecule has 2 fully saturated rings. The van der Waals surface area contributed by atoms with Crippen LogP contribution >= 0.6 is 15.9 Å².